The van der Waals surface area contributed by atoms with Crippen LogP contribution in [0.1, 0.15) is 127 Å². The van der Waals surface area contributed by atoms with Crippen LogP contribution in [0.4, 0.5) is 8.78 Å². The number of amides is 9. The van der Waals surface area contributed by atoms with Crippen molar-refractivity contribution in [2.45, 2.75) is 139 Å². The van der Waals surface area contributed by atoms with E-state index in [-0.39, 0.29) is 91.1 Å². The second kappa shape index (κ2) is 24.2. The van der Waals surface area contributed by atoms with Crippen molar-refractivity contribution in [2.75, 3.05) is 39.8 Å². The Balaban J connectivity index is 0.773. The third-order valence-corrected chi connectivity index (χ3v) is 18.9. The second-order valence-electron chi connectivity index (χ2n) is 22.5. The number of likely N-dealkylation sites (tertiary alicyclic amines) is 2. The molecule has 2 aromatic carbocycles. The van der Waals surface area contributed by atoms with Gasteiger partial charge >= 0.3 is 14.7 Å². The van der Waals surface area contributed by atoms with Crippen molar-refractivity contribution in [1.29, 1.82) is 0 Å². The molecule has 7 N–H and O–H groups in total. The van der Waals surface area contributed by atoms with E-state index in [1.807, 2.05) is 22.9 Å². The first kappa shape index (κ1) is 57.7. The Labute approximate surface area is 471 Å². The molecule has 1 unspecified atom stereocenters. The maximum Gasteiger partial charge on any atom is 0.389 e. The number of hydrogen-bond donors (Lipinski definition) is 6. The molecule has 10 rings (SSSR count). The Morgan fingerprint density at radius 3 is 2.51 bits per heavy atom. The predicted molar refractivity (Wildman–Crippen MR) is 290 cm³/mol. The number of thiophene rings is 1. The third-order valence-electron chi connectivity index (χ3n) is 17.4. The van der Waals surface area contributed by atoms with Crippen molar-refractivity contribution in [1.82, 2.24) is 40.4 Å². The van der Waals surface area contributed by atoms with E-state index in [1.54, 1.807) is 17.0 Å². The minimum absolute atomic E-state index is 0.0763. The zero-order valence-electron chi connectivity index (χ0n) is 44.8. The van der Waals surface area contributed by atoms with Gasteiger partial charge < -0.3 is 50.7 Å². The number of primary amides is 1. The molecule has 0 spiro atoms. The summed E-state index contributed by atoms with van der Waals surface area (Å²) in [6.07, 6.45) is 2.66. The van der Waals surface area contributed by atoms with Gasteiger partial charge in [-0.2, -0.15) is 8.78 Å². The monoisotopic (exact) mass is 1160 g/mol. The SMILES string of the molecule is CN1CC[C@H]2CC[C@@H](C(=O)N[C@@H](CCC(N)=O)C(=O)N3C[C@@H]4CCC[C@@H]4[C@H]3C(=O)N3CCC(CCC#Cc4cccc5c4CN(C4CCC(=O)NC4=O)C5=O)CC3)N2C(=O)[C@@H](NC(=O)c2cc3cc(C(F)(F)OP(O)O)ccc3s2)C1. The van der Waals surface area contributed by atoms with Gasteiger partial charge in [-0.3, -0.25) is 48.5 Å². The lowest BCUT2D eigenvalue weighted by Crippen LogP contribution is -2.61. The summed E-state index contributed by atoms with van der Waals surface area (Å²) in [5.74, 6) is 2.62. The lowest BCUT2D eigenvalue weighted by Gasteiger charge is -2.38. The highest BCUT2D eigenvalue weighted by Crippen LogP contribution is 2.45. The van der Waals surface area contributed by atoms with Gasteiger partial charge in [0, 0.05) is 73.9 Å². The summed E-state index contributed by atoms with van der Waals surface area (Å²) in [6.45, 7) is 2.14. The van der Waals surface area contributed by atoms with E-state index in [1.165, 1.54) is 21.9 Å². The minimum Gasteiger partial charge on any atom is -0.370 e. The molecule has 1 saturated carbocycles. The average molecular weight is 1160 g/mol. The van der Waals surface area contributed by atoms with Gasteiger partial charge in [0.1, 0.15) is 30.2 Å². The van der Waals surface area contributed by atoms with Crippen molar-refractivity contribution < 1.29 is 66.2 Å². The number of likely N-dealkylation sites (N-methyl/N-ethyl adjacent to an activating group) is 1. The Morgan fingerprint density at radius 2 is 1.75 bits per heavy atom. The normalized spacial score (nSPS) is 25.7. The molecular formula is C56H66F2N9O12PS. The van der Waals surface area contributed by atoms with Crippen LogP contribution in [0.5, 0.6) is 0 Å². The fourth-order valence-electron chi connectivity index (χ4n) is 13.2. The first-order valence-corrected chi connectivity index (χ1v) is 29.8. The topological polar surface area (TPSA) is 282 Å². The number of alkyl halides is 2. The molecule has 1 aromatic heterocycles. The van der Waals surface area contributed by atoms with Gasteiger partial charge in [0.15, 0.2) is 0 Å². The van der Waals surface area contributed by atoms with Gasteiger partial charge in [-0.25, -0.2) is 4.52 Å². The number of hydrogen-bond acceptors (Lipinski definition) is 14. The molecule has 7 heterocycles. The van der Waals surface area contributed by atoms with Gasteiger partial charge in [0.2, 0.25) is 41.4 Å². The molecule has 0 radical (unpaired) electrons. The molecule has 7 aliphatic rings. The predicted octanol–water partition coefficient (Wildman–Crippen LogP) is 3.18. The van der Waals surface area contributed by atoms with E-state index in [0.29, 0.717) is 61.6 Å². The lowest BCUT2D eigenvalue weighted by molar-refractivity contribution is -0.189. The number of carbonyl (C=O) groups is 9. The van der Waals surface area contributed by atoms with Crippen molar-refractivity contribution >= 4 is 83.2 Å². The Hall–Kier alpha value is -6.48. The van der Waals surface area contributed by atoms with E-state index >= 15 is 0 Å². The molecule has 21 nitrogen and oxygen atoms in total. The zero-order valence-corrected chi connectivity index (χ0v) is 46.5. The maximum atomic E-state index is 14.9. The number of benzene rings is 2. The largest absolute Gasteiger partial charge is 0.389 e. The molecule has 81 heavy (non-hydrogen) atoms. The van der Waals surface area contributed by atoms with Gasteiger partial charge in [-0.05, 0) is 143 Å². The van der Waals surface area contributed by atoms with Crippen molar-refractivity contribution in [3.63, 3.8) is 0 Å². The zero-order chi connectivity index (χ0) is 57.4. The number of piperidine rings is 2. The first-order valence-electron chi connectivity index (χ1n) is 27.8. The minimum atomic E-state index is -4.02. The van der Waals surface area contributed by atoms with Crippen LogP contribution in [-0.2, 0) is 50.7 Å². The number of halogens is 2. The molecular weight excluding hydrogens is 1090 g/mol. The fraction of sp³-hybridized carbons (Fsp3) is 0.554. The van der Waals surface area contributed by atoms with Crippen molar-refractivity contribution in [3.05, 3.63) is 69.6 Å². The van der Waals surface area contributed by atoms with Gasteiger partial charge in [-0.1, -0.05) is 24.3 Å². The first-order chi connectivity index (χ1) is 38.7. The molecule has 8 atom stereocenters. The summed E-state index contributed by atoms with van der Waals surface area (Å²) in [5.41, 5.74) is 6.94. The van der Waals surface area contributed by atoms with Crippen LogP contribution in [0.2, 0.25) is 0 Å². The lowest BCUT2D eigenvalue weighted by atomic mass is 9.89. The molecule has 3 aromatic rings. The van der Waals surface area contributed by atoms with E-state index in [4.69, 9.17) is 15.5 Å². The van der Waals surface area contributed by atoms with Crippen LogP contribution in [0, 0.1) is 29.6 Å². The van der Waals surface area contributed by atoms with Crippen LogP contribution >= 0.6 is 19.9 Å². The molecule has 6 aliphatic heterocycles. The Morgan fingerprint density at radius 1 is 0.963 bits per heavy atom. The van der Waals surface area contributed by atoms with Crippen LogP contribution < -0.4 is 21.7 Å². The number of carbonyl (C=O) groups excluding carboxylic acids is 9. The molecule has 6 fully saturated rings. The second-order valence-corrected chi connectivity index (χ2v) is 24.3. The molecule has 9 amide bonds. The van der Waals surface area contributed by atoms with Crippen LogP contribution in [-0.4, -0.2) is 163 Å². The highest BCUT2D eigenvalue weighted by atomic mass is 32.1. The summed E-state index contributed by atoms with van der Waals surface area (Å²) in [6, 6.07) is 4.93. The van der Waals surface area contributed by atoms with Crippen molar-refractivity contribution in [3.8, 4) is 11.8 Å². The molecule has 0 bridgehead atoms. The summed E-state index contributed by atoms with van der Waals surface area (Å²) >= 11 is 1.00. The third kappa shape index (κ3) is 12.3. The van der Waals surface area contributed by atoms with E-state index in [2.05, 4.69) is 32.3 Å². The highest BCUT2D eigenvalue weighted by molar-refractivity contribution is 7.39. The number of nitrogens with two attached hydrogens (primary N) is 1. The van der Waals surface area contributed by atoms with E-state index in [0.717, 1.165) is 73.1 Å². The van der Waals surface area contributed by atoms with Crippen LogP contribution in [0.25, 0.3) is 10.1 Å². The van der Waals surface area contributed by atoms with Gasteiger partial charge in [0.05, 0.1) is 10.4 Å². The number of imide groups is 1. The fourth-order valence-corrected chi connectivity index (χ4v) is 14.5. The smallest absolute Gasteiger partial charge is 0.370 e. The van der Waals surface area contributed by atoms with Gasteiger partial charge in [0.25, 0.3) is 11.8 Å². The van der Waals surface area contributed by atoms with E-state index < -0.39 is 85.9 Å². The quantitative estimate of drug-likeness (QED) is 0.0726. The summed E-state index contributed by atoms with van der Waals surface area (Å²) in [4.78, 5) is 149. The highest BCUT2D eigenvalue weighted by Gasteiger charge is 2.53. The number of nitrogens with zero attached hydrogens (tertiary/aromatic N) is 5. The standard InChI is InChI=1S/C56H66F2N9O12PS/c1-63-23-22-36-13-15-43(67(36)54(75)41(30-63)61-51(72)45-27-34-26-35(12-17-44(34)81-45)56(57,58)79-80(77)78)50(71)60-40(14-18-46(59)68)53(74)66-28-33-9-5-10-37(33)48(66)55(76)64-24-20-31(21-25-64)6-2-3-7-32-8-4-11-38-39(32)29-65(52(38)73)42-16-19-47(69)62-49(42)70/h4,8,11-12,17,26-27,31,33,36-37,40-43,48,77-78H,2,5-6,9-10,13-16,18-25,28-30H2,1H3,(H2,59,68)(H,60,71)(H,61,72)(H,62,69,70)/t33-,36+,37-,40-,41-,42?,43-,48-/m0/s1. The number of fused-ring (bicyclic) bond motifs is 4. The summed E-state index contributed by atoms with van der Waals surface area (Å²) in [5, 5.41) is 8.29. The Bertz CT molecular complexity index is 3090. The molecule has 432 valence electrons. The molecule has 25 heteroatoms. The van der Waals surface area contributed by atoms with Crippen LogP contribution in [0.3, 0.4) is 0 Å². The summed E-state index contributed by atoms with van der Waals surface area (Å²) < 4.78 is 33.6. The van der Waals surface area contributed by atoms with Gasteiger partial charge in [-0.15, -0.1) is 11.3 Å². The summed E-state index contributed by atoms with van der Waals surface area (Å²) in [7, 11) is -1.56. The molecule has 1 aliphatic carbocycles. The Kier molecular flexibility index (Phi) is 17.2. The number of nitrogens with one attached hydrogen (secondary N) is 3. The molecule has 5 saturated heterocycles. The average Bonchev–Trinajstić information content (AvgIpc) is 4.35. The maximum absolute atomic E-state index is 14.9. The van der Waals surface area contributed by atoms with E-state index in [9.17, 15) is 51.9 Å². The van der Waals surface area contributed by atoms with Crippen molar-refractivity contribution in [2.24, 2.45) is 23.5 Å². The van der Waals surface area contributed by atoms with Crippen LogP contribution in [0.15, 0.2) is 42.5 Å². The number of rotatable bonds is 15.